The molecule has 4 nitrogen and oxygen atoms in total. The minimum atomic E-state index is 0.0155. The second kappa shape index (κ2) is 6.23. The monoisotopic (exact) mass is 268 g/mol. The Bertz CT molecular complexity index is 309. The Labute approximate surface area is 116 Å². The molecule has 0 spiro atoms. The van der Waals surface area contributed by atoms with Crippen molar-refractivity contribution in [2.75, 3.05) is 13.7 Å². The predicted molar refractivity (Wildman–Crippen MR) is 76.0 cm³/mol. The van der Waals surface area contributed by atoms with E-state index in [-0.39, 0.29) is 23.4 Å². The number of carbonyl (C=O) groups is 1. The van der Waals surface area contributed by atoms with Gasteiger partial charge in [-0.3, -0.25) is 4.79 Å². The minimum Gasteiger partial charge on any atom is -0.381 e. The maximum absolute atomic E-state index is 12.3. The van der Waals surface area contributed by atoms with Crippen LogP contribution in [-0.4, -0.2) is 37.7 Å². The molecule has 1 aliphatic carbocycles. The van der Waals surface area contributed by atoms with E-state index < -0.39 is 0 Å². The molecule has 0 aromatic rings. The number of hydrogen-bond donors (Lipinski definition) is 2. The fourth-order valence-electron chi connectivity index (χ4n) is 3.83. The normalized spacial score (nSPS) is 33.5. The quantitative estimate of drug-likeness (QED) is 0.800. The van der Waals surface area contributed by atoms with Crippen molar-refractivity contribution in [1.29, 1.82) is 0 Å². The fourth-order valence-corrected chi connectivity index (χ4v) is 3.83. The third-order valence-electron chi connectivity index (χ3n) is 5.33. The Balaban J connectivity index is 1.93. The van der Waals surface area contributed by atoms with Gasteiger partial charge in [-0.1, -0.05) is 20.3 Å². The molecule has 1 heterocycles. The smallest absolute Gasteiger partial charge is 0.237 e. The molecule has 0 aromatic carbocycles. The van der Waals surface area contributed by atoms with Gasteiger partial charge < -0.3 is 15.4 Å². The van der Waals surface area contributed by atoms with Crippen LogP contribution < -0.4 is 10.6 Å². The molecular weight excluding hydrogens is 240 g/mol. The molecule has 1 saturated carbocycles. The van der Waals surface area contributed by atoms with Crippen LogP contribution in [-0.2, 0) is 9.53 Å². The maximum Gasteiger partial charge on any atom is 0.237 e. The summed E-state index contributed by atoms with van der Waals surface area (Å²) in [5.41, 5.74) is 0.138. The minimum absolute atomic E-state index is 0.0155. The van der Waals surface area contributed by atoms with Gasteiger partial charge in [0, 0.05) is 18.6 Å². The molecule has 0 bridgehead atoms. The Morgan fingerprint density at radius 3 is 2.63 bits per heavy atom. The molecule has 1 amide bonds. The second-order valence-electron chi connectivity index (χ2n) is 5.96. The highest BCUT2D eigenvalue weighted by Crippen LogP contribution is 2.48. The van der Waals surface area contributed by atoms with Crippen molar-refractivity contribution in [2.24, 2.45) is 5.41 Å². The zero-order valence-electron chi connectivity index (χ0n) is 12.5. The molecule has 3 unspecified atom stereocenters. The molecule has 1 aliphatic heterocycles. The molecule has 19 heavy (non-hydrogen) atoms. The third kappa shape index (κ3) is 2.65. The lowest BCUT2D eigenvalue weighted by Crippen LogP contribution is -2.66. The number of ether oxygens (including phenoxy) is 1. The molecule has 1 saturated heterocycles. The van der Waals surface area contributed by atoms with Gasteiger partial charge in [0.15, 0.2) is 0 Å². The number of hydrogen-bond acceptors (Lipinski definition) is 3. The van der Waals surface area contributed by atoms with Gasteiger partial charge >= 0.3 is 0 Å². The van der Waals surface area contributed by atoms with E-state index >= 15 is 0 Å². The van der Waals surface area contributed by atoms with Crippen molar-refractivity contribution in [3.8, 4) is 0 Å². The lowest BCUT2D eigenvalue weighted by atomic mass is 9.58. The third-order valence-corrected chi connectivity index (χ3v) is 5.33. The summed E-state index contributed by atoms with van der Waals surface area (Å²) in [6.07, 6.45) is 6.69. The Morgan fingerprint density at radius 1 is 1.37 bits per heavy atom. The zero-order chi connectivity index (χ0) is 13.9. The van der Waals surface area contributed by atoms with Gasteiger partial charge in [0.25, 0.3) is 0 Å². The van der Waals surface area contributed by atoms with Crippen molar-refractivity contribution in [2.45, 2.75) is 70.6 Å². The number of methoxy groups -OCH3 is 1. The van der Waals surface area contributed by atoms with E-state index in [1.807, 2.05) is 0 Å². The van der Waals surface area contributed by atoms with Crippen LogP contribution in [0.4, 0.5) is 0 Å². The van der Waals surface area contributed by atoms with Crippen LogP contribution in [0, 0.1) is 5.41 Å². The second-order valence-corrected chi connectivity index (χ2v) is 5.96. The topological polar surface area (TPSA) is 50.4 Å². The SMILES string of the molecule is CCC1(CC)C(NC(=O)C2CCCCN2)CC1OC. The summed E-state index contributed by atoms with van der Waals surface area (Å²) in [4.78, 5) is 12.3. The number of nitrogens with one attached hydrogen (secondary N) is 2. The fraction of sp³-hybridized carbons (Fsp3) is 0.933. The maximum atomic E-state index is 12.3. The van der Waals surface area contributed by atoms with E-state index in [1.165, 1.54) is 6.42 Å². The summed E-state index contributed by atoms with van der Waals surface area (Å²) in [6.45, 7) is 5.37. The van der Waals surface area contributed by atoms with Gasteiger partial charge in [-0.2, -0.15) is 0 Å². The first-order valence-corrected chi connectivity index (χ1v) is 7.74. The zero-order valence-corrected chi connectivity index (χ0v) is 12.5. The molecule has 110 valence electrons. The van der Waals surface area contributed by atoms with E-state index in [1.54, 1.807) is 7.11 Å². The summed E-state index contributed by atoms with van der Waals surface area (Å²) < 4.78 is 5.57. The van der Waals surface area contributed by atoms with Gasteiger partial charge in [0.1, 0.15) is 0 Å². The van der Waals surface area contributed by atoms with E-state index in [0.717, 1.165) is 38.6 Å². The van der Waals surface area contributed by atoms with Crippen molar-refractivity contribution in [1.82, 2.24) is 10.6 Å². The van der Waals surface area contributed by atoms with Gasteiger partial charge in [-0.15, -0.1) is 0 Å². The summed E-state index contributed by atoms with van der Waals surface area (Å²) >= 11 is 0. The lowest BCUT2D eigenvalue weighted by Gasteiger charge is -2.55. The van der Waals surface area contributed by atoms with Gasteiger partial charge in [0.2, 0.25) is 5.91 Å². The summed E-state index contributed by atoms with van der Waals surface area (Å²) in [5, 5.41) is 6.58. The van der Waals surface area contributed by atoms with Crippen LogP contribution in [0.1, 0.15) is 52.4 Å². The van der Waals surface area contributed by atoms with Crippen LogP contribution in [0.25, 0.3) is 0 Å². The average Bonchev–Trinajstić information content (AvgIpc) is 2.45. The Hall–Kier alpha value is -0.610. The number of rotatable bonds is 5. The summed E-state index contributed by atoms with van der Waals surface area (Å²) in [6, 6.07) is 0.297. The molecule has 2 N–H and O–H groups in total. The van der Waals surface area contributed by atoms with Crippen molar-refractivity contribution >= 4 is 5.91 Å². The largest absolute Gasteiger partial charge is 0.381 e. The molecule has 0 aromatic heterocycles. The highest BCUT2D eigenvalue weighted by atomic mass is 16.5. The molecule has 3 atom stereocenters. The van der Waals surface area contributed by atoms with Crippen LogP contribution >= 0.6 is 0 Å². The molecular formula is C15H28N2O2. The van der Waals surface area contributed by atoms with E-state index in [2.05, 4.69) is 24.5 Å². The average molecular weight is 268 g/mol. The van der Waals surface area contributed by atoms with Gasteiger partial charge in [0.05, 0.1) is 12.1 Å². The molecule has 2 rings (SSSR count). The molecule has 4 heteroatoms. The first kappa shape index (κ1) is 14.8. The number of amides is 1. The summed E-state index contributed by atoms with van der Waals surface area (Å²) in [7, 11) is 1.78. The predicted octanol–water partition coefficient (Wildman–Crippen LogP) is 1.84. The van der Waals surface area contributed by atoms with Crippen molar-refractivity contribution in [3.05, 3.63) is 0 Å². The first-order valence-electron chi connectivity index (χ1n) is 7.74. The summed E-state index contributed by atoms with van der Waals surface area (Å²) in [5.74, 6) is 0.186. The molecule has 2 fully saturated rings. The van der Waals surface area contributed by atoms with Crippen LogP contribution in [0.2, 0.25) is 0 Å². The molecule has 0 radical (unpaired) electrons. The van der Waals surface area contributed by atoms with Crippen molar-refractivity contribution < 1.29 is 9.53 Å². The Morgan fingerprint density at radius 2 is 2.11 bits per heavy atom. The number of carbonyl (C=O) groups excluding carboxylic acids is 1. The highest BCUT2D eigenvalue weighted by molar-refractivity contribution is 5.82. The van der Waals surface area contributed by atoms with Crippen LogP contribution in [0.3, 0.4) is 0 Å². The van der Waals surface area contributed by atoms with Crippen LogP contribution in [0.15, 0.2) is 0 Å². The standard InChI is InChI=1S/C15H28N2O2/c1-4-15(5-2)12(10-13(15)19-3)17-14(18)11-8-6-7-9-16-11/h11-13,16H,4-10H2,1-3H3,(H,17,18). The van der Waals surface area contributed by atoms with Crippen molar-refractivity contribution in [3.63, 3.8) is 0 Å². The van der Waals surface area contributed by atoms with Crippen LogP contribution in [0.5, 0.6) is 0 Å². The van der Waals surface area contributed by atoms with E-state index in [9.17, 15) is 4.79 Å². The van der Waals surface area contributed by atoms with E-state index in [4.69, 9.17) is 4.74 Å². The number of piperidine rings is 1. The lowest BCUT2D eigenvalue weighted by molar-refractivity contribution is -0.143. The Kier molecular flexibility index (Phi) is 4.85. The molecule has 2 aliphatic rings. The van der Waals surface area contributed by atoms with E-state index in [0.29, 0.717) is 6.10 Å². The highest BCUT2D eigenvalue weighted by Gasteiger charge is 2.53. The van der Waals surface area contributed by atoms with Gasteiger partial charge in [-0.25, -0.2) is 0 Å². The van der Waals surface area contributed by atoms with Gasteiger partial charge in [-0.05, 0) is 38.6 Å². The first-order chi connectivity index (χ1) is 9.17.